The van der Waals surface area contributed by atoms with Crippen LogP contribution in [-0.2, 0) is 12.6 Å². The Morgan fingerprint density at radius 3 is 1.37 bits per heavy atom. The van der Waals surface area contributed by atoms with Crippen molar-refractivity contribution in [3.05, 3.63) is 66.7 Å². The number of hydrogen-bond acceptors (Lipinski definition) is 2. The van der Waals surface area contributed by atoms with Crippen molar-refractivity contribution < 1.29 is 34.7 Å². The van der Waals surface area contributed by atoms with Crippen molar-refractivity contribution in [3.63, 3.8) is 0 Å². The maximum atomic E-state index is 9.87. The second-order valence-corrected chi connectivity index (χ2v) is 8.63. The molecule has 0 aliphatic carbocycles. The molecule has 0 aliphatic rings. The third kappa shape index (κ3) is 8.55. The summed E-state index contributed by atoms with van der Waals surface area (Å²) in [5, 5.41) is 0. The van der Waals surface area contributed by atoms with E-state index in [0.29, 0.717) is 0 Å². The molecule has 30 heavy (non-hydrogen) atoms. The fourth-order valence-corrected chi connectivity index (χ4v) is 2.82. The van der Waals surface area contributed by atoms with Gasteiger partial charge in [-0.05, 0) is 71.8 Å². The zero-order valence-corrected chi connectivity index (χ0v) is 17.8. The second-order valence-electron chi connectivity index (χ2n) is 6.18. The fraction of sp³-hybridized carbons (Fsp3) is 0.100. The first-order valence-electron chi connectivity index (χ1n) is 8.37. The SMILES string of the molecule is COc1ccc(-c2ccc([SH2+])c(-c3ccc(OC)cc3)c2)cc1.F[P-](F)(F)(F)(F)F. The summed E-state index contributed by atoms with van der Waals surface area (Å²) in [7, 11) is -7.31. The van der Waals surface area contributed by atoms with Crippen LogP contribution in [0.15, 0.2) is 71.6 Å². The van der Waals surface area contributed by atoms with Crippen molar-refractivity contribution in [1.82, 2.24) is 0 Å². The Balaban J connectivity index is 0.000000396. The fourth-order valence-electron chi connectivity index (χ4n) is 2.52. The van der Waals surface area contributed by atoms with Crippen LogP contribution in [-0.4, -0.2) is 14.2 Å². The molecule has 0 aliphatic heterocycles. The maximum absolute atomic E-state index is 10.7. The van der Waals surface area contributed by atoms with Crippen molar-refractivity contribution in [1.29, 1.82) is 0 Å². The molecule has 0 amide bonds. The Kier molecular flexibility index (Phi) is 6.40. The Morgan fingerprint density at radius 2 is 0.967 bits per heavy atom. The molecule has 0 fully saturated rings. The number of benzene rings is 3. The van der Waals surface area contributed by atoms with E-state index in [1.807, 2.05) is 24.3 Å². The van der Waals surface area contributed by atoms with Crippen LogP contribution in [0.1, 0.15) is 0 Å². The molecule has 0 radical (unpaired) electrons. The van der Waals surface area contributed by atoms with Crippen molar-refractivity contribution >= 4 is 20.4 Å². The van der Waals surface area contributed by atoms with E-state index in [9.17, 15) is 25.2 Å². The van der Waals surface area contributed by atoms with Gasteiger partial charge in [-0.15, -0.1) is 0 Å². The molecule has 0 atom stereocenters. The van der Waals surface area contributed by atoms with Gasteiger partial charge in [-0.25, -0.2) is 0 Å². The molecule has 0 spiro atoms. The van der Waals surface area contributed by atoms with E-state index in [1.165, 1.54) is 5.56 Å². The Labute approximate surface area is 175 Å². The van der Waals surface area contributed by atoms with Crippen molar-refractivity contribution in [2.75, 3.05) is 14.2 Å². The Bertz CT molecular complexity index is 994. The number of rotatable bonds is 4. The normalized spacial score (nSPS) is 13.4. The molecule has 0 N–H and O–H groups in total. The third-order valence-corrected chi connectivity index (χ3v) is 4.28. The third-order valence-electron chi connectivity index (χ3n) is 3.84. The van der Waals surface area contributed by atoms with Gasteiger partial charge in [-0.2, -0.15) is 0 Å². The van der Waals surface area contributed by atoms with Gasteiger partial charge in [0.25, 0.3) is 0 Å². The van der Waals surface area contributed by atoms with Crippen molar-refractivity contribution in [2.45, 2.75) is 4.90 Å². The van der Waals surface area contributed by atoms with Gasteiger partial charge in [0.15, 0.2) is 4.90 Å². The summed E-state index contributed by atoms with van der Waals surface area (Å²) in [5.74, 6) is 1.72. The summed E-state index contributed by atoms with van der Waals surface area (Å²) in [6.07, 6.45) is 0. The molecule has 0 saturated carbocycles. The zero-order chi connectivity index (χ0) is 22.6. The summed E-state index contributed by atoms with van der Waals surface area (Å²) in [6.45, 7) is 0. The first-order valence-corrected chi connectivity index (χ1v) is 10.9. The first kappa shape index (κ1) is 23.9. The molecule has 0 aromatic heterocycles. The monoisotopic (exact) mass is 468 g/mol. The molecule has 3 rings (SSSR count). The van der Waals surface area contributed by atoms with Gasteiger partial charge in [-0.1, -0.05) is 24.3 Å². The van der Waals surface area contributed by atoms with Crippen LogP contribution in [0.3, 0.4) is 0 Å². The Hall–Kier alpha value is -2.38. The van der Waals surface area contributed by atoms with Gasteiger partial charge in [0.1, 0.15) is 11.5 Å². The number of hydrogen-bond donors (Lipinski definition) is 0. The number of ether oxygens (including phenoxy) is 2. The Morgan fingerprint density at radius 1 is 0.600 bits per heavy atom. The van der Waals surface area contributed by atoms with Gasteiger partial charge >= 0.3 is 33.0 Å². The second kappa shape index (κ2) is 8.04. The summed E-state index contributed by atoms with van der Waals surface area (Å²) in [6, 6.07) is 22.5. The molecule has 0 saturated heterocycles. The molecular weight excluding hydrogens is 449 g/mol. The quantitative estimate of drug-likeness (QED) is 0.221. The van der Waals surface area contributed by atoms with Crippen LogP contribution in [0, 0.1) is 0 Å². The van der Waals surface area contributed by atoms with Crippen LogP contribution in [0.4, 0.5) is 25.2 Å². The van der Waals surface area contributed by atoms with Crippen LogP contribution >= 0.6 is 7.81 Å². The summed E-state index contributed by atoms with van der Waals surface area (Å²) in [4.78, 5) is 1.06. The molecule has 3 aromatic rings. The average Bonchev–Trinajstić information content (AvgIpc) is 2.66. The predicted octanol–water partition coefficient (Wildman–Crippen LogP) is 7.79. The van der Waals surface area contributed by atoms with Crippen LogP contribution in [0.5, 0.6) is 11.5 Å². The molecule has 0 unspecified atom stereocenters. The van der Waals surface area contributed by atoms with Crippen LogP contribution < -0.4 is 9.47 Å². The van der Waals surface area contributed by atoms with Gasteiger partial charge in [0.05, 0.1) is 14.2 Å². The number of halogens is 6. The summed E-state index contributed by atoms with van der Waals surface area (Å²) >= 11 is 3.70. The molecular formula is C20H19F6O2PS. The minimum atomic E-state index is -10.7. The minimum absolute atomic E-state index is 0.857. The molecule has 0 bridgehead atoms. The van der Waals surface area contributed by atoms with Crippen LogP contribution in [0.2, 0.25) is 0 Å². The zero-order valence-electron chi connectivity index (χ0n) is 15.9. The average molecular weight is 468 g/mol. The molecule has 2 nitrogen and oxygen atoms in total. The molecule has 0 heterocycles. The molecule has 3 aromatic carbocycles. The predicted molar refractivity (Wildman–Crippen MR) is 112 cm³/mol. The van der Waals surface area contributed by atoms with E-state index in [4.69, 9.17) is 9.47 Å². The first-order chi connectivity index (χ1) is 13.7. The summed E-state index contributed by atoms with van der Waals surface area (Å²) < 4.78 is 69.6. The van der Waals surface area contributed by atoms with Crippen molar-refractivity contribution in [2.24, 2.45) is 0 Å². The van der Waals surface area contributed by atoms with E-state index >= 15 is 0 Å². The van der Waals surface area contributed by atoms with E-state index in [1.54, 1.807) is 14.2 Å². The van der Waals surface area contributed by atoms with Gasteiger partial charge in [0, 0.05) is 5.56 Å². The van der Waals surface area contributed by atoms with Gasteiger partial charge < -0.3 is 9.47 Å². The summed E-state index contributed by atoms with van der Waals surface area (Å²) in [5.41, 5.74) is 4.62. The molecule has 10 heteroatoms. The molecule has 164 valence electrons. The number of methoxy groups -OCH3 is 2. The van der Waals surface area contributed by atoms with E-state index in [-0.39, 0.29) is 0 Å². The van der Waals surface area contributed by atoms with E-state index in [0.717, 1.165) is 33.1 Å². The van der Waals surface area contributed by atoms with Crippen LogP contribution in [0.25, 0.3) is 22.3 Å². The topological polar surface area (TPSA) is 18.5 Å². The van der Waals surface area contributed by atoms with E-state index in [2.05, 4.69) is 55.1 Å². The van der Waals surface area contributed by atoms with Crippen molar-refractivity contribution in [3.8, 4) is 33.8 Å². The van der Waals surface area contributed by atoms with Gasteiger partial charge in [-0.3, -0.25) is 0 Å². The standard InChI is InChI=1S/C20H18O2S.F6P/c1-21-17-8-3-14(4-9-17)16-7-12-20(23)19(13-16)15-5-10-18(22-2)11-6-15;1-7(2,3,4,5)6/h3-13,23H,1-2H3;/q;-1/p+1. The van der Waals surface area contributed by atoms with E-state index < -0.39 is 7.81 Å². The van der Waals surface area contributed by atoms with Gasteiger partial charge in [0.2, 0.25) is 0 Å².